The van der Waals surface area contributed by atoms with Gasteiger partial charge in [-0.15, -0.1) is 10.2 Å². The quantitative estimate of drug-likeness (QED) is 0.853. The third kappa shape index (κ3) is 1.84. The molecule has 1 aromatic carbocycles. The molecule has 0 aliphatic carbocycles. The van der Waals surface area contributed by atoms with E-state index in [1.807, 2.05) is 30.3 Å². The molecular formula is C12H16N4. The van der Waals surface area contributed by atoms with Crippen LogP contribution < -0.4 is 5.73 Å². The van der Waals surface area contributed by atoms with Crippen molar-refractivity contribution in [3.8, 4) is 11.4 Å². The summed E-state index contributed by atoms with van der Waals surface area (Å²) in [7, 11) is 0. The summed E-state index contributed by atoms with van der Waals surface area (Å²) in [4.78, 5) is 0. The lowest BCUT2D eigenvalue weighted by Crippen LogP contribution is -2.11. The van der Waals surface area contributed by atoms with Gasteiger partial charge in [-0.25, -0.2) is 0 Å². The molecule has 0 radical (unpaired) electrons. The molecule has 2 N–H and O–H groups in total. The van der Waals surface area contributed by atoms with E-state index in [0.29, 0.717) is 12.6 Å². The molecule has 0 aliphatic rings. The first kappa shape index (κ1) is 10.8. The van der Waals surface area contributed by atoms with Gasteiger partial charge in [-0.3, -0.25) is 0 Å². The molecule has 0 saturated heterocycles. The van der Waals surface area contributed by atoms with Crippen molar-refractivity contribution >= 4 is 0 Å². The van der Waals surface area contributed by atoms with E-state index in [9.17, 15) is 0 Å². The molecule has 1 heterocycles. The number of hydrogen-bond donors (Lipinski definition) is 1. The first-order valence-corrected chi connectivity index (χ1v) is 5.43. The van der Waals surface area contributed by atoms with Gasteiger partial charge in [0, 0.05) is 11.6 Å². The molecule has 2 aromatic rings. The van der Waals surface area contributed by atoms with Crippen molar-refractivity contribution < 1.29 is 0 Å². The van der Waals surface area contributed by atoms with E-state index in [0.717, 1.165) is 17.2 Å². The summed E-state index contributed by atoms with van der Waals surface area (Å²) in [6.07, 6.45) is 0. The minimum absolute atomic E-state index is 0.309. The number of nitrogens with zero attached hydrogens (tertiary/aromatic N) is 3. The van der Waals surface area contributed by atoms with E-state index >= 15 is 0 Å². The van der Waals surface area contributed by atoms with Gasteiger partial charge in [-0.1, -0.05) is 30.3 Å². The zero-order valence-electron chi connectivity index (χ0n) is 9.59. The maximum absolute atomic E-state index is 5.66. The second-order valence-electron chi connectivity index (χ2n) is 3.97. The van der Waals surface area contributed by atoms with Gasteiger partial charge in [0.15, 0.2) is 5.82 Å². The summed E-state index contributed by atoms with van der Waals surface area (Å²) in [5.74, 6) is 1.71. The molecule has 0 atom stereocenters. The van der Waals surface area contributed by atoms with Crippen LogP contribution in [0.5, 0.6) is 0 Å². The zero-order chi connectivity index (χ0) is 11.5. The van der Waals surface area contributed by atoms with Crippen LogP contribution in [0, 0.1) is 0 Å². The Morgan fingerprint density at radius 3 is 2.44 bits per heavy atom. The molecule has 0 bridgehead atoms. The maximum atomic E-state index is 5.66. The van der Waals surface area contributed by atoms with Gasteiger partial charge in [0.1, 0.15) is 5.82 Å². The number of benzene rings is 1. The molecule has 2 rings (SSSR count). The summed E-state index contributed by atoms with van der Waals surface area (Å²) >= 11 is 0. The van der Waals surface area contributed by atoms with Crippen molar-refractivity contribution in [2.75, 3.05) is 0 Å². The summed E-state index contributed by atoms with van der Waals surface area (Å²) in [6, 6.07) is 10.4. The van der Waals surface area contributed by atoms with Crippen LogP contribution >= 0.6 is 0 Å². The van der Waals surface area contributed by atoms with Gasteiger partial charge in [0.25, 0.3) is 0 Å². The monoisotopic (exact) mass is 216 g/mol. The number of hydrogen-bond acceptors (Lipinski definition) is 3. The SMILES string of the molecule is CC(C)n1c(CN)nnc1-c1ccccc1. The minimum atomic E-state index is 0.309. The average Bonchev–Trinajstić information content (AvgIpc) is 2.73. The van der Waals surface area contributed by atoms with Crippen LogP contribution in [0.15, 0.2) is 30.3 Å². The fraction of sp³-hybridized carbons (Fsp3) is 0.333. The van der Waals surface area contributed by atoms with Crippen LogP contribution in [-0.2, 0) is 6.54 Å². The summed E-state index contributed by atoms with van der Waals surface area (Å²) in [5, 5.41) is 8.33. The number of nitrogens with two attached hydrogens (primary N) is 1. The van der Waals surface area contributed by atoms with E-state index in [1.165, 1.54) is 0 Å². The van der Waals surface area contributed by atoms with E-state index in [-0.39, 0.29) is 0 Å². The van der Waals surface area contributed by atoms with E-state index in [4.69, 9.17) is 5.73 Å². The molecule has 4 nitrogen and oxygen atoms in total. The van der Waals surface area contributed by atoms with Crippen molar-refractivity contribution in [1.29, 1.82) is 0 Å². The molecule has 0 fully saturated rings. The molecule has 1 aromatic heterocycles. The maximum Gasteiger partial charge on any atom is 0.164 e. The highest BCUT2D eigenvalue weighted by Crippen LogP contribution is 2.21. The third-order valence-corrected chi connectivity index (χ3v) is 2.50. The fourth-order valence-electron chi connectivity index (χ4n) is 1.79. The minimum Gasteiger partial charge on any atom is -0.324 e. The number of rotatable bonds is 3. The Morgan fingerprint density at radius 2 is 1.88 bits per heavy atom. The first-order valence-electron chi connectivity index (χ1n) is 5.43. The molecule has 84 valence electrons. The van der Waals surface area contributed by atoms with Crippen LogP contribution in [0.4, 0.5) is 0 Å². The van der Waals surface area contributed by atoms with Crippen molar-refractivity contribution in [3.63, 3.8) is 0 Å². The summed E-state index contributed by atoms with van der Waals surface area (Å²) in [6.45, 7) is 4.63. The van der Waals surface area contributed by atoms with Crippen LogP contribution in [0.1, 0.15) is 25.7 Å². The summed E-state index contributed by atoms with van der Waals surface area (Å²) in [5.41, 5.74) is 6.73. The first-order chi connectivity index (χ1) is 7.74. The lowest BCUT2D eigenvalue weighted by Gasteiger charge is -2.13. The Balaban J connectivity index is 2.53. The lowest BCUT2D eigenvalue weighted by atomic mass is 10.2. The fourth-order valence-corrected chi connectivity index (χ4v) is 1.79. The lowest BCUT2D eigenvalue weighted by molar-refractivity contribution is 0.574. The third-order valence-electron chi connectivity index (χ3n) is 2.50. The van der Waals surface area contributed by atoms with Crippen LogP contribution in [0.2, 0.25) is 0 Å². The van der Waals surface area contributed by atoms with Crippen molar-refractivity contribution in [1.82, 2.24) is 14.8 Å². The Bertz CT molecular complexity index is 459. The standard InChI is InChI=1S/C12H16N4/c1-9(2)16-11(8-13)14-15-12(16)10-6-4-3-5-7-10/h3-7,9H,8,13H2,1-2H3. The van der Waals surface area contributed by atoms with Crippen molar-refractivity contribution in [3.05, 3.63) is 36.2 Å². The molecule has 16 heavy (non-hydrogen) atoms. The van der Waals surface area contributed by atoms with Crippen molar-refractivity contribution in [2.24, 2.45) is 5.73 Å². The molecule has 0 unspecified atom stereocenters. The summed E-state index contributed by atoms with van der Waals surface area (Å²) < 4.78 is 2.08. The zero-order valence-corrected chi connectivity index (χ0v) is 9.59. The highest BCUT2D eigenvalue weighted by atomic mass is 15.3. The van der Waals surface area contributed by atoms with Crippen LogP contribution in [0.3, 0.4) is 0 Å². The average molecular weight is 216 g/mol. The molecule has 0 amide bonds. The van der Waals surface area contributed by atoms with Gasteiger partial charge in [-0.2, -0.15) is 0 Å². The molecule has 4 heteroatoms. The Labute approximate surface area is 95.1 Å². The van der Waals surface area contributed by atoms with Gasteiger partial charge in [-0.05, 0) is 13.8 Å². The normalized spacial score (nSPS) is 11.0. The van der Waals surface area contributed by atoms with Gasteiger partial charge in [0.2, 0.25) is 0 Å². The predicted molar refractivity (Wildman–Crippen MR) is 63.7 cm³/mol. The van der Waals surface area contributed by atoms with Gasteiger partial charge < -0.3 is 10.3 Å². The molecule has 0 saturated carbocycles. The Kier molecular flexibility index (Phi) is 3.01. The Morgan fingerprint density at radius 1 is 1.19 bits per heavy atom. The highest BCUT2D eigenvalue weighted by Gasteiger charge is 2.14. The largest absolute Gasteiger partial charge is 0.324 e. The van der Waals surface area contributed by atoms with Crippen LogP contribution in [0.25, 0.3) is 11.4 Å². The second-order valence-corrected chi connectivity index (χ2v) is 3.97. The predicted octanol–water partition coefficient (Wildman–Crippen LogP) is 1.98. The van der Waals surface area contributed by atoms with Gasteiger partial charge in [0.05, 0.1) is 6.54 Å². The second kappa shape index (κ2) is 4.45. The topological polar surface area (TPSA) is 56.7 Å². The van der Waals surface area contributed by atoms with E-state index in [1.54, 1.807) is 0 Å². The molecule has 0 aliphatic heterocycles. The highest BCUT2D eigenvalue weighted by molar-refractivity contribution is 5.55. The van der Waals surface area contributed by atoms with E-state index < -0.39 is 0 Å². The molecular weight excluding hydrogens is 200 g/mol. The van der Waals surface area contributed by atoms with Gasteiger partial charge >= 0.3 is 0 Å². The smallest absolute Gasteiger partial charge is 0.164 e. The molecule has 0 spiro atoms. The van der Waals surface area contributed by atoms with Crippen molar-refractivity contribution in [2.45, 2.75) is 26.4 Å². The van der Waals surface area contributed by atoms with Crippen LogP contribution in [-0.4, -0.2) is 14.8 Å². The number of aromatic nitrogens is 3. The van der Waals surface area contributed by atoms with E-state index in [2.05, 4.69) is 28.6 Å². The Hall–Kier alpha value is -1.68.